The maximum absolute atomic E-state index is 12.2. The maximum atomic E-state index is 12.2. The Balaban J connectivity index is 1.58. The Labute approximate surface area is 167 Å². The molecule has 1 amide bonds. The molecule has 2 atom stereocenters. The average Bonchev–Trinajstić information content (AvgIpc) is 2.67. The molecule has 7 nitrogen and oxygen atoms in total. The quantitative estimate of drug-likeness (QED) is 0.626. The van der Waals surface area contributed by atoms with Gasteiger partial charge in [-0.05, 0) is 36.8 Å². The number of carbonyl (C=O) groups excluding carboxylic acids is 1. The summed E-state index contributed by atoms with van der Waals surface area (Å²) < 4.78 is 5.26. The van der Waals surface area contributed by atoms with Gasteiger partial charge in [0.25, 0.3) is 0 Å². The SMILES string of the molecule is COc1ccc2nc(NC3NC(=O)CC(c4ccccc4Cl)N3)nc(C)c2c1. The number of anilines is 1. The van der Waals surface area contributed by atoms with E-state index in [9.17, 15) is 4.79 Å². The molecule has 2 heterocycles. The Bertz CT molecular complexity index is 1040. The summed E-state index contributed by atoms with van der Waals surface area (Å²) in [6, 6.07) is 12.9. The fourth-order valence-corrected chi connectivity index (χ4v) is 3.59. The van der Waals surface area contributed by atoms with E-state index < -0.39 is 6.29 Å². The van der Waals surface area contributed by atoms with Crippen molar-refractivity contribution in [2.24, 2.45) is 0 Å². The van der Waals surface area contributed by atoms with Crippen molar-refractivity contribution >= 4 is 34.4 Å². The summed E-state index contributed by atoms with van der Waals surface area (Å²) in [5.41, 5.74) is 2.49. The fraction of sp³-hybridized carbons (Fsp3) is 0.250. The number of benzene rings is 2. The standard InChI is InChI=1S/C20H20ClN5O2/c1-11-14-9-12(28-2)7-8-16(14)23-19(22-11)26-20-24-17(10-18(27)25-20)13-5-3-4-6-15(13)21/h3-9,17,20,24H,10H2,1-2H3,(H,25,27)(H,22,23,26). The molecular formula is C20H20ClN5O2. The first-order valence-electron chi connectivity index (χ1n) is 8.92. The Morgan fingerprint density at radius 2 is 2.04 bits per heavy atom. The molecule has 8 heteroatoms. The van der Waals surface area contributed by atoms with E-state index in [1.54, 1.807) is 7.11 Å². The number of fused-ring (bicyclic) bond motifs is 1. The molecule has 144 valence electrons. The predicted molar refractivity (Wildman–Crippen MR) is 108 cm³/mol. The van der Waals surface area contributed by atoms with E-state index in [-0.39, 0.29) is 11.9 Å². The van der Waals surface area contributed by atoms with Gasteiger partial charge in [0.2, 0.25) is 11.9 Å². The largest absolute Gasteiger partial charge is 0.497 e. The topological polar surface area (TPSA) is 88.2 Å². The molecule has 3 N–H and O–H groups in total. The lowest BCUT2D eigenvalue weighted by atomic mass is 10.0. The van der Waals surface area contributed by atoms with E-state index in [2.05, 4.69) is 25.9 Å². The fourth-order valence-electron chi connectivity index (χ4n) is 3.32. The average molecular weight is 398 g/mol. The second kappa shape index (κ2) is 7.61. The van der Waals surface area contributed by atoms with E-state index in [1.165, 1.54) is 0 Å². The molecule has 1 fully saturated rings. The molecule has 0 spiro atoms. The number of halogens is 1. The van der Waals surface area contributed by atoms with Gasteiger partial charge in [-0.15, -0.1) is 0 Å². The van der Waals surface area contributed by atoms with Crippen LogP contribution in [0.25, 0.3) is 10.9 Å². The molecule has 28 heavy (non-hydrogen) atoms. The number of aryl methyl sites for hydroxylation is 1. The molecule has 2 aromatic carbocycles. The molecule has 2 unspecified atom stereocenters. The number of carbonyl (C=O) groups is 1. The molecule has 0 saturated carbocycles. The number of hydrogen-bond acceptors (Lipinski definition) is 6. The van der Waals surface area contributed by atoms with E-state index in [1.807, 2.05) is 49.4 Å². The van der Waals surface area contributed by atoms with Crippen LogP contribution in [0.5, 0.6) is 5.75 Å². The predicted octanol–water partition coefficient (Wildman–Crippen LogP) is 3.15. The number of ether oxygens (including phenoxy) is 1. The highest BCUT2D eigenvalue weighted by molar-refractivity contribution is 6.31. The van der Waals surface area contributed by atoms with Crippen LogP contribution in [0.1, 0.15) is 23.7 Å². The summed E-state index contributed by atoms with van der Waals surface area (Å²) in [6.45, 7) is 1.91. The first-order valence-corrected chi connectivity index (χ1v) is 9.30. The minimum Gasteiger partial charge on any atom is -0.497 e. The third-order valence-corrected chi connectivity index (χ3v) is 5.05. The molecule has 0 bridgehead atoms. The van der Waals surface area contributed by atoms with Gasteiger partial charge in [-0.1, -0.05) is 29.8 Å². The Hall–Kier alpha value is -2.90. The lowest BCUT2D eigenvalue weighted by Crippen LogP contribution is -2.57. The minimum atomic E-state index is -0.516. The molecule has 3 aromatic rings. The first kappa shape index (κ1) is 18.5. The normalized spacial score (nSPS) is 19.3. The highest BCUT2D eigenvalue weighted by Gasteiger charge is 2.28. The monoisotopic (exact) mass is 397 g/mol. The van der Waals surface area contributed by atoms with Crippen LogP contribution >= 0.6 is 11.6 Å². The third-order valence-electron chi connectivity index (χ3n) is 4.71. The molecule has 1 aromatic heterocycles. The van der Waals surface area contributed by atoms with Crippen LogP contribution in [0.4, 0.5) is 5.95 Å². The van der Waals surface area contributed by atoms with E-state index in [0.717, 1.165) is 27.9 Å². The lowest BCUT2D eigenvalue weighted by Gasteiger charge is -2.32. The third kappa shape index (κ3) is 3.72. The summed E-state index contributed by atoms with van der Waals surface area (Å²) in [6.07, 6.45) is -0.211. The van der Waals surface area contributed by atoms with Crippen LogP contribution in [0, 0.1) is 6.92 Å². The summed E-state index contributed by atoms with van der Waals surface area (Å²) in [5, 5.41) is 10.9. The van der Waals surface area contributed by atoms with Crippen molar-refractivity contribution in [3.63, 3.8) is 0 Å². The zero-order chi connectivity index (χ0) is 19.7. The molecule has 0 radical (unpaired) electrons. The molecule has 0 aliphatic carbocycles. The number of amides is 1. The summed E-state index contributed by atoms with van der Waals surface area (Å²) in [4.78, 5) is 21.3. The van der Waals surface area contributed by atoms with E-state index in [0.29, 0.717) is 17.4 Å². The second-order valence-corrected chi connectivity index (χ2v) is 7.01. The van der Waals surface area contributed by atoms with Crippen LogP contribution in [-0.4, -0.2) is 29.3 Å². The highest BCUT2D eigenvalue weighted by atomic mass is 35.5. The van der Waals surface area contributed by atoms with Gasteiger partial charge in [-0.3, -0.25) is 10.1 Å². The van der Waals surface area contributed by atoms with E-state index in [4.69, 9.17) is 16.3 Å². The highest BCUT2D eigenvalue weighted by Crippen LogP contribution is 2.27. The number of hydrogen-bond donors (Lipinski definition) is 3. The number of nitrogens with one attached hydrogen (secondary N) is 3. The van der Waals surface area contributed by atoms with Gasteiger partial charge in [-0.25, -0.2) is 9.97 Å². The van der Waals surface area contributed by atoms with Crippen molar-refractivity contribution in [3.05, 3.63) is 58.7 Å². The van der Waals surface area contributed by atoms with Gasteiger partial charge in [0.1, 0.15) is 5.75 Å². The van der Waals surface area contributed by atoms with Crippen LogP contribution < -0.4 is 20.7 Å². The van der Waals surface area contributed by atoms with Crippen LogP contribution in [0.15, 0.2) is 42.5 Å². The van der Waals surface area contributed by atoms with Crippen molar-refractivity contribution in [1.82, 2.24) is 20.6 Å². The van der Waals surface area contributed by atoms with Gasteiger partial charge >= 0.3 is 0 Å². The summed E-state index contributed by atoms with van der Waals surface area (Å²) >= 11 is 6.30. The second-order valence-electron chi connectivity index (χ2n) is 6.61. The van der Waals surface area contributed by atoms with Crippen LogP contribution in [0.2, 0.25) is 5.02 Å². The smallest absolute Gasteiger partial charge is 0.226 e. The molecule has 1 aliphatic heterocycles. The van der Waals surface area contributed by atoms with Gasteiger partial charge in [0.15, 0.2) is 6.29 Å². The van der Waals surface area contributed by atoms with Crippen molar-refractivity contribution in [3.8, 4) is 5.75 Å². The van der Waals surface area contributed by atoms with Crippen molar-refractivity contribution in [2.75, 3.05) is 12.4 Å². The Kier molecular flexibility index (Phi) is 5.02. The van der Waals surface area contributed by atoms with Crippen molar-refractivity contribution < 1.29 is 9.53 Å². The number of rotatable bonds is 4. The minimum absolute atomic E-state index is 0.0802. The van der Waals surface area contributed by atoms with Crippen molar-refractivity contribution in [2.45, 2.75) is 25.7 Å². The number of nitrogens with zero attached hydrogens (tertiary/aromatic N) is 2. The number of aromatic nitrogens is 2. The van der Waals surface area contributed by atoms with Gasteiger partial charge in [0.05, 0.1) is 18.3 Å². The number of methoxy groups -OCH3 is 1. The van der Waals surface area contributed by atoms with Gasteiger partial charge in [-0.2, -0.15) is 0 Å². The molecule has 1 aliphatic rings. The van der Waals surface area contributed by atoms with Crippen LogP contribution in [0.3, 0.4) is 0 Å². The molecule has 1 saturated heterocycles. The Morgan fingerprint density at radius 3 is 2.82 bits per heavy atom. The summed E-state index contributed by atoms with van der Waals surface area (Å²) in [5.74, 6) is 1.10. The zero-order valence-corrected chi connectivity index (χ0v) is 16.2. The zero-order valence-electron chi connectivity index (χ0n) is 15.5. The lowest BCUT2D eigenvalue weighted by molar-refractivity contribution is -0.124. The van der Waals surface area contributed by atoms with Gasteiger partial charge in [0, 0.05) is 22.9 Å². The van der Waals surface area contributed by atoms with E-state index >= 15 is 0 Å². The van der Waals surface area contributed by atoms with Gasteiger partial charge < -0.3 is 15.4 Å². The molecular weight excluding hydrogens is 378 g/mol. The summed E-state index contributed by atoms with van der Waals surface area (Å²) in [7, 11) is 1.63. The van der Waals surface area contributed by atoms with Crippen LogP contribution in [-0.2, 0) is 4.79 Å². The molecule has 4 rings (SSSR count). The Morgan fingerprint density at radius 1 is 1.21 bits per heavy atom. The first-order chi connectivity index (χ1) is 13.5. The van der Waals surface area contributed by atoms with Crippen molar-refractivity contribution in [1.29, 1.82) is 0 Å². The maximum Gasteiger partial charge on any atom is 0.226 e.